The van der Waals surface area contributed by atoms with Gasteiger partial charge >= 0.3 is 0 Å². The lowest BCUT2D eigenvalue weighted by Crippen LogP contribution is -2.13. The molecule has 2 aromatic heterocycles. The van der Waals surface area contributed by atoms with E-state index in [1.165, 1.54) is 12.3 Å². The molecule has 0 radical (unpaired) electrons. The molecule has 0 bridgehead atoms. The van der Waals surface area contributed by atoms with Gasteiger partial charge in [-0.05, 0) is 18.6 Å². The Labute approximate surface area is 99.5 Å². The van der Waals surface area contributed by atoms with Crippen LogP contribution in [0.25, 0.3) is 0 Å². The smallest absolute Gasteiger partial charge is 0.141 e. The molecule has 0 atom stereocenters. The van der Waals surface area contributed by atoms with Crippen molar-refractivity contribution in [2.75, 3.05) is 0 Å². The van der Waals surface area contributed by atoms with E-state index in [-0.39, 0.29) is 5.82 Å². The summed E-state index contributed by atoms with van der Waals surface area (Å²) in [6, 6.07) is 1.48. The molecule has 0 aromatic carbocycles. The van der Waals surface area contributed by atoms with Crippen LogP contribution in [-0.4, -0.2) is 14.8 Å². The van der Waals surface area contributed by atoms with Gasteiger partial charge in [0.05, 0.1) is 12.4 Å². The van der Waals surface area contributed by atoms with Gasteiger partial charge < -0.3 is 5.32 Å². The standard InChI is InChI=1S/C12H15FN4/c1-9-11(7-16-17(9)2)6-14-4-10-3-12(13)8-15-5-10/h3,5,7-8,14H,4,6H2,1-2H3. The molecule has 0 aliphatic rings. The first kappa shape index (κ1) is 11.7. The van der Waals surface area contributed by atoms with Gasteiger partial charge in [-0.2, -0.15) is 5.10 Å². The number of pyridine rings is 1. The Kier molecular flexibility index (Phi) is 3.49. The van der Waals surface area contributed by atoms with Crippen LogP contribution in [0.5, 0.6) is 0 Å². The van der Waals surface area contributed by atoms with Crippen LogP contribution in [0.4, 0.5) is 4.39 Å². The maximum Gasteiger partial charge on any atom is 0.141 e. The number of hydrogen-bond acceptors (Lipinski definition) is 3. The minimum absolute atomic E-state index is 0.304. The monoisotopic (exact) mass is 234 g/mol. The molecule has 5 heteroatoms. The van der Waals surface area contributed by atoms with Crippen LogP contribution in [0.1, 0.15) is 16.8 Å². The lowest BCUT2D eigenvalue weighted by molar-refractivity contribution is 0.612. The summed E-state index contributed by atoms with van der Waals surface area (Å²) in [4.78, 5) is 3.80. The molecular formula is C12H15FN4. The number of aromatic nitrogens is 3. The molecule has 1 N–H and O–H groups in total. The van der Waals surface area contributed by atoms with E-state index in [2.05, 4.69) is 15.4 Å². The molecule has 0 fully saturated rings. The van der Waals surface area contributed by atoms with Gasteiger partial charge in [0.25, 0.3) is 0 Å². The highest BCUT2D eigenvalue weighted by molar-refractivity contribution is 5.16. The fourth-order valence-electron chi connectivity index (χ4n) is 1.61. The maximum absolute atomic E-state index is 12.9. The van der Waals surface area contributed by atoms with Crippen molar-refractivity contribution in [3.05, 3.63) is 47.3 Å². The second kappa shape index (κ2) is 5.05. The summed E-state index contributed by atoms with van der Waals surface area (Å²) >= 11 is 0. The van der Waals surface area contributed by atoms with Crippen LogP contribution in [0.15, 0.2) is 24.7 Å². The van der Waals surface area contributed by atoms with Crippen LogP contribution in [0.2, 0.25) is 0 Å². The number of halogens is 1. The second-order valence-corrected chi connectivity index (χ2v) is 3.99. The summed E-state index contributed by atoms with van der Waals surface area (Å²) in [6.07, 6.45) is 4.70. The van der Waals surface area contributed by atoms with Gasteiger partial charge in [0.15, 0.2) is 0 Å². The molecule has 4 nitrogen and oxygen atoms in total. The van der Waals surface area contributed by atoms with E-state index in [4.69, 9.17) is 0 Å². The Morgan fingerprint density at radius 1 is 1.29 bits per heavy atom. The van der Waals surface area contributed by atoms with E-state index in [0.29, 0.717) is 6.54 Å². The van der Waals surface area contributed by atoms with Gasteiger partial charge in [0.2, 0.25) is 0 Å². The molecule has 2 heterocycles. The van der Waals surface area contributed by atoms with Crippen molar-refractivity contribution in [3.63, 3.8) is 0 Å². The third-order valence-corrected chi connectivity index (χ3v) is 2.74. The Balaban J connectivity index is 1.90. The summed E-state index contributed by atoms with van der Waals surface area (Å²) in [7, 11) is 1.91. The largest absolute Gasteiger partial charge is 0.308 e. The molecule has 90 valence electrons. The van der Waals surface area contributed by atoms with E-state index >= 15 is 0 Å². The fourth-order valence-corrected chi connectivity index (χ4v) is 1.61. The first-order valence-electron chi connectivity index (χ1n) is 5.44. The summed E-state index contributed by atoms with van der Waals surface area (Å²) in [6.45, 7) is 3.34. The average molecular weight is 234 g/mol. The van der Waals surface area contributed by atoms with E-state index < -0.39 is 0 Å². The molecular weight excluding hydrogens is 219 g/mol. The van der Waals surface area contributed by atoms with Crippen molar-refractivity contribution in [1.82, 2.24) is 20.1 Å². The molecule has 0 saturated heterocycles. The highest BCUT2D eigenvalue weighted by Crippen LogP contribution is 2.06. The van der Waals surface area contributed by atoms with Crippen molar-refractivity contribution in [1.29, 1.82) is 0 Å². The molecule has 0 aliphatic heterocycles. The molecule has 0 spiro atoms. The molecule has 2 aromatic rings. The van der Waals surface area contributed by atoms with Crippen molar-refractivity contribution < 1.29 is 4.39 Å². The third kappa shape index (κ3) is 2.88. The number of nitrogens with one attached hydrogen (secondary N) is 1. The molecule has 0 unspecified atom stereocenters. The normalized spacial score (nSPS) is 10.8. The molecule has 17 heavy (non-hydrogen) atoms. The van der Waals surface area contributed by atoms with Gasteiger partial charge in [-0.25, -0.2) is 4.39 Å². The maximum atomic E-state index is 12.9. The van der Waals surface area contributed by atoms with Crippen LogP contribution < -0.4 is 5.32 Å². The highest BCUT2D eigenvalue weighted by Gasteiger charge is 2.03. The highest BCUT2D eigenvalue weighted by atomic mass is 19.1. The number of rotatable bonds is 4. The van der Waals surface area contributed by atoms with Crippen molar-refractivity contribution in [2.24, 2.45) is 7.05 Å². The molecule has 2 rings (SSSR count). The van der Waals surface area contributed by atoms with Gasteiger partial charge in [0.1, 0.15) is 5.82 Å². The van der Waals surface area contributed by atoms with Crippen LogP contribution in [-0.2, 0) is 20.1 Å². The fraction of sp³-hybridized carbons (Fsp3) is 0.333. The van der Waals surface area contributed by atoms with Crippen molar-refractivity contribution in [3.8, 4) is 0 Å². The lowest BCUT2D eigenvalue weighted by atomic mass is 10.2. The zero-order valence-corrected chi connectivity index (χ0v) is 9.94. The predicted molar refractivity (Wildman–Crippen MR) is 62.7 cm³/mol. The number of hydrogen-bond donors (Lipinski definition) is 1. The van der Waals surface area contributed by atoms with Crippen molar-refractivity contribution in [2.45, 2.75) is 20.0 Å². The van der Waals surface area contributed by atoms with E-state index in [9.17, 15) is 4.39 Å². The van der Waals surface area contributed by atoms with Crippen molar-refractivity contribution >= 4 is 0 Å². The van der Waals surface area contributed by atoms with Crippen LogP contribution in [0.3, 0.4) is 0 Å². The second-order valence-electron chi connectivity index (χ2n) is 3.99. The van der Waals surface area contributed by atoms with Crippen LogP contribution >= 0.6 is 0 Å². The summed E-state index contributed by atoms with van der Waals surface area (Å²) in [5.41, 5.74) is 3.12. The topological polar surface area (TPSA) is 42.7 Å². The summed E-state index contributed by atoms with van der Waals surface area (Å²) in [5.74, 6) is -0.304. The molecule has 0 amide bonds. The van der Waals surface area contributed by atoms with Gasteiger partial charge in [0, 0.05) is 37.6 Å². The van der Waals surface area contributed by atoms with Crippen LogP contribution in [0, 0.1) is 12.7 Å². The van der Waals surface area contributed by atoms with E-state index in [1.54, 1.807) is 6.20 Å². The Morgan fingerprint density at radius 2 is 2.12 bits per heavy atom. The predicted octanol–water partition coefficient (Wildman–Crippen LogP) is 1.55. The first-order valence-corrected chi connectivity index (χ1v) is 5.44. The molecule has 0 saturated carbocycles. The number of aryl methyl sites for hydroxylation is 1. The minimum atomic E-state index is -0.304. The SMILES string of the molecule is Cc1c(CNCc2cncc(F)c2)cnn1C. The average Bonchev–Trinajstić information content (AvgIpc) is 2.61. The Hall–Kier alpha value is -1.75. The zero-order valence-electron chi connectivity index (χ0n) is 9.94. The van der Waals surface area contributed by atoms with E-state index in [1.807, 2.05) is 24.9 Å². The lowest BCUT2D eigenvalue weighted by Gasteiger charge is -2.04. The van der Waals surface area contributed by atoms with E-state index in [0.717, 1.165) is 23.4 Å². The third-order valence-electron chi connectivity index (χ3n) is 2.74. The van der Waals surface area contributed by atoms with Gasteiger partial charge in [-0.3, -0.25) is 9.67 Å². The van der Waals surface area contributed by atoms with Gasteiger partial charge in [-0.15, -0.1) is 0 Å². The Bertz CT molecular complexity index is 507. The number of nitrogens with zero attached hydrogens (tertiary/aromatic N) is 3. The molecule has 0 aliphatic carbocycles. The first-order chi connectivity index (χ1) is 8.16. The minimum Gasteiger partial charge on any atom is -0.308 e. The Morgan fingerprint density at radius 3 is 2.76 bits per heavy atom. The quantitative estimate of drug-likeness (QED) is 0.872. The zero-order chi connectivity index (χ0) is 12.3. The van der Waals surface area contributed by atoms with Gasteiger partial charge in [-0.1, -0.05) is 0 Å². The summed E-state index contributed by atoms with van der Waals surface area (Å²) < 4.78 is 14.7. The summed E-state index contributed by atoms with van der Waals surface area (Å²) in [5, 5.41) is 7.40.